The largest absolute Gasteiger partial charge is 0.507 e. The lowest BCUT2D eigenvalue weighted by molar-refractivity contribution is 0.0970. The van der Waals surface area contributed by atoms with E-state index in [1.165, 1.54) is 19.2 Å². The minimum atomic E-state index is -0.535. The molecular formula is C21H23N3O4. The van der Waals surface area contributed by atoms with Crippen molar-refractivity contribution in [2.45, 2.75) is 20.1 Å². The van der Waals surface area contributed by atoms with E-state index < -0.39 is 12.1 Å². The lowest BCUT2D eigenvalue weighted by Gasteiger charge is -2.35. The van der Waals surface area contributed by atoms with Crippen LogP contribution in [0.1, 0.15) is 21.5 Å². The number of amides is 1. The van der Waals surface area contributed by atoms with Gasteiger partial charge in [-0.2, -0.15) is 4.99 Å². The second-order valence-corrected chi connectivity index (χ2v) is 6.33. The van der Waals surface area contributed by atoms with Crippen LogP contribution < -0.4 is 10.2 Å². The Bertz CT molecular complexity index is 952. The summed E-state index contributed by atoms with van der Waals surface area (Å²) in [5.74, 6) is -0.0333. The van der Waals surface area contributed by atoms with Gasteiger partial charge in [0.25, 0.3) is 5.91 Å². The van der Waals surface area contributed by atoms with E-state index in [4.69, 9.17) is 9.47 Å². The fourth-order valence-corrected chi connectivity index (χ4v) is 2.97. The maximum Gasteiger partial charge on any atom is 0.261 e. The number of aromatic hydroxyl groups is 1. The zero-order chi connectivity index (χ0) is 20.3. The van der Waals surface area contributed by atoms with Crippen molar-refractivity contribution in [1.82, 2.24) is 5.32 Å². The summed E-state index contributed by atoms with van der Waals surface area (Å²) >= 11 is 0. The fraction of sp³-hybridized carbons (Fsp3) is 0.238. The summed E-state index contributed by atoms with van der Waals surface area (Å²) in [6.45, 7) is 4.01. The molecule has 0 saturated heterocycles. The molecule has 1 atom stereocenters. The third-order valence-corrected chi connectivity index (χ3v) is 4.64. The highest BCUT2D eigenvalue weighted by atomic mass is 16.5. The number of benzene rings is 2. The minimum absolute atomic E-state index is 0.111. The van der Waals surface area contributed by atoms with Crippen LogP contribution in [0.4, 0.5) is 5.69 Å². The van der Waals surface area contributed by atoms with Crippen molar-refractivity contribution >= 4 is 17.6 Å². The minimum Gasteiger partial charge on any atom is -0.507 e. The molecule has 0 spiro atoms. The maximum absolute atomic E-state index is 12.8. The molecule has 0 saturated carbocycles. The van der Waals surface area contributed by atoms with Gasteiger partial charge in [0.05, 0.1) is 12.7 Å². The lowest BCUT2D eigenvalue weighted by atomic mass is 10.1. The molecule has 3 rings (SSSR count). The maximum atomic E-state index is 12.8. The first-order valence-corrected chi connectivity index (χ1v) is 8.78. The summed E-state index contributed by atoms with van der Waals surface area (Å²) in [7, 11) is 3.07. The zero-order valence-electron chi connectivity index (χ0n) is 16.3. The third kappa shape index (κ3) is 3.70. The lowest BCUT2D eigenvalue weighted by Crippen LogP contribution is -2.51. The Morgan fingerprint density at radius 2 is 1.89 bits per heavy atom. The van der Waals surface area contributed by atoms with Crippen molar-refractivity contribution in [2.24, 2.45) is 4.99 Å². The molecule has 2 aromatic carbocycles. The van der Waals surface area contributed by atoms with Crippen LogP contribution in [0.15, 0.2) is 59.4 Å². The molecule has 0 aliphatic carbocycles. The summed E-state index contributed by atoms with van der Waals surface area (Å²) < 4.78 is 10.9. The Morgan fingerprint density at radius 3 is 2.57 bits per heavy atom. The highest BCUT2D eigenvalue weighted by Crippen LogP contribution is 2.28. The van der Waals surface area contributed by atoms with E-state index in [2.05, 4.69) is 10.3 Å². The van der Waals surface area contributed by atoms with Crippen LogP contribution in [0.3, 0.4) is 0 Å². The van der Waals surface area contributed by atoms with Gasteiger partial charge in [0.1, 0.15) is 5.75 Å². The fourth-order valence-electron chi connectivity index (χ4n) is 2.97. The second kappa shape index (κ2) is 8.14. The van der Waals surface area contributed by atoms with Gasteiger partial charge in [-0.1, -0.05) is 24.3 Å². The number of phenolic OH excluding ortho intramolecular Hbond substituents is 1. The number of phenols is 1. The average molecular weight is 381 g/mol. The normalized spacial score (nSPS) is 16.3. The number of aryl methyl sites for hydroxylation is 1. The van der Waals surface area contributed by atoms with E-state index >= 15 is 0 Å². The van der Waals surface area contributed by atoms with E-state index in [1.54, 1.807) is 30.2 Å². The molecule has 2 aromatic rings. The number of aliphatic imine (C=N–C) groups is 1. The summed E-state index contributed by atoms with van der Waals surface area (Å²) in [4.78, 5) is 19.0. The van der Waals surface area contributed by atoms with Gasteiger partial charge < -0.3 is 14.6 Å². The van der Waals surface area contributed by atoms with E-state index in [0.29, 0.717) is 5.88 Å². The van der Waals surface area contributed by atoms with Gasteiger partial charge in [0.2, 0.25) is 11.8 Å². The first kappa shape index (κ1) is 19.4. The molecule has 1 heterocycles. The van der Waals surface area contributed by atoms with E-state index in [-0.39, 0.29) is 17.3 Å². The zero-order valence-corrected chi connectivity index (χ0v) is 16.3. The molecule has 146 valence electrons. The molecule has 2 N–H and O–H groups in total. The van der Waals surface area contributed by atoms with Crippen LogP contribution in [-0.2, 0) is 9.47 Å². The predicted molar refractivity (Wildman–Crippen MR) is 107 cm³/mol. The number of methoxy groups -OCH3 is 2. The number of nitrogens with zero attached hydrogens (tertiary/aromatic N) is 2. The van der Waals surface area contributed by atoms with Gasteiger partial charge >= 0.3 is 0 Å². The van der Waals surface area contributed by atoms with Crippen molar-refractivity contribution in [3.8, 4) is 5.75 Å². The van der Waals surface area contributed by atoms with Crippen LogP contribution in [-0.4, -0.2) is 37.4 Å². The van der Waals surface area contributed by atoms with Gasteiger partial charge in [-0.05, 0) is 43.2 Å². The Balaban J connectivity index is 2.04. The molecule has 28 heavy (non-hydrogen) atoms. The summed E-state index contributed by atoms with van der Waals surface area (Å²) in [5.41, 5.74) is 3.12. The number of hydrogen-bond donors (Lipinski definition) is 2. The third-order valence-electron chi connectivity index (χ3n) is 4.64. The highest BCUT2D eigenvalue weighted by Gasteiger charge is 2.30. The van der Waals surface area contributed by atoms with Crippen LogP contribution in [0.5, 0.6) is 5.75 Å². The SMILES string of the molecule is COC1=CC(OC)N(c2cccc(C)c2C)C(NC(=O)c2ccccc2O)=N1. The van der Waals surface area contributed by atoms with Crippen molar-refractivity contribution in [3.63, 3.8) is 0 Å². The molecule has 0 fully saturated rings. The van der Waals surface area contributed by atoms with E-state index in [9.17, 15) is 9.90 Å². The molecule has 1 unspecified atom stereocenters. The van der Waals surface area contributed by atoms with Gasteiger partial charge in [-0.3, -0.25) is 15.0 Å². The van der Waals surface area contributed by atoms with Crippen molar-refractivity contribution < 1.29 is 19.4 Å². The van der Waals surface area contributed by atoms with Crippen molar-refractivity contribution in [2.75, 3.05) is 19.1 Å². The molecule has 1 amide bonds. The number of anilines is 1. The molecule has 7 nitrogen and oxygen atoms in total. The molecular weight excluding hydrogens is 358 g/mol. The van der Waals surface area contributed by atoms with Crippen molar-refractivity contribution in [1.29, 1.82) is 0 Å². The number of guanidine groups is 1. The van der Waals surface area contributed by atoms with Gasteiger partial charge in [-0.15, -0.1) is 0 Å². The number of para-hydroxylation sites is 1. The average Bonchev–Trinajstić information content (AvgIpc) is 2.70. The second-order valence-electron chi connectivity index (χ2n) is 6.33. The van der Waals surface area contributed by atoms with Crippen LogP contribution >= 0.6 is 0 Å². The molecule has 7 heteroatoms. The molecule has 0 radical (unpaired) electrons. The smallest absolute Gasteiger partial charge is 0.261 e. The topological polar surface area (TPSA) is 83.4 Å². The van der Waals surface area contributed by atoms with Crippen LogP contribution in [0.25, 0.3) is 0 Å². The number of carbonyl (C=O) groups excluding carboxylic acids is 1. The summed E-state index contributed by atoms with van der Waals surface area (Å²) in [5, 5.41) is 12.8. The molecule has 1 aliphatic rings. The monoisotopic (exact) mass is 381 g/mol. The van der Waals surface area contributed by atoms with E-state index in [0.717, 1.165) is 16.8 Å². The molecule has 1 aliphatic heterocycles. The van der Waals surface area contributed by atoms with Crippen LogP contribution in [0, 0.1) is 13.8 Å². The Morgan fingerprint density at radius 1 is 1.14 bits per heavy atom. The number of nitrogens with one attached hydrogen (secondary N) is 1. The van der Waals surface area contributed by atoms with E-state index in [1.807, 2.05) is 32.0 Å². The van der Waals surface area contributed by atoms with Gasteiger partial charge in [0, 0.05) is 18.9 Å². The highest BCUT2D eigenvalue weighted by molar-refractivity contribution is 6.12. The Kier molecular flexibility index (Phi) is 5.65. The Labute approximate surface area is 163 Å². The van der Waals surface area contributed by atoms with Crippen LogP contribution in [0.2, 0.25) is 0 Å². The number of rotatable bonds is 4. The summed E-state index contributed by atoms with van der Waals surface area (Å²) in [6, 6.07) is 12.2. The first-order chi connectivity index (χ1) is 13.5. The molecule has 0 bridgehead atoms. The number of ether oxygens (including phenoxy) is 2. The van der Waals surface area contributed by atoms with Crippen molar-refractivity contribution in [3.05, 3.63) is 71.1 Å². The first-order valence-electron chi connectivity index (χ1n) is 8.78. The number of carbonyl (C=O) groups is 1. The predicted octanol–water partition coefficient (Wildman–Crippen LogP) is 3.08. The number of hydrogen-bond acceptors (Lipinski definition) is 6. The summed E-state index contributed by atoms with van der Waals surface area (Å²) in [6.07, 6.45) is 1.19. The Hall–Kier alpha value is -3.32. The standard InChI is InChI=1S/C21H23N3O4/c1-13-8-7-10-16(14(13)2)24-19(28-4)12-18(27-3)22-21(24)23-20(26)15-9-5-6-11-17(15)25/h5-12,19,25H,1-4H3,(H,22,23,26). The van der Waals surface area contributed by atoms with Gasteiger partial charge in [0.15, 0.2) is 6.23 Å². The molecule has 0 aromatic heterocycles. The quantitative estimate of drug-likeness (QED) is 0.850. The van der Waals surface area contributed by atoms with Gasteiger partial charge in [-0.25, -0.2) is 0 Å².